The van der Waals surface area contributed by atoms with Crippen molar-refractivity contribution in [1.29, 1.82) is 0 Å². The molecule has 0 unspecified atom stereocenters. The molecule has 1 aromatic rings. The number of amides is 1. The van der Waals surface area contributed by atoms with Crippen LogP contribution in [0.5, 0.6) is 0 Å². The molecule has 0 atom stereocenters. The predicted molar refractivity (Wildman–Crippen MR) is 75.6 cm³/mol. The number of carbonyl (C=O) groups is 1. The molecular formula is C12H16N2OS2. The molecule has 3 N–H and O–H groups in total. The lowest BCUT2D eigenvalue weighted by Gasteiger charge is -2.01. The molecule has 0 spiro atoms. The van der Waals surface area contributed by atoms with Crippen LogP contribution >= 0.6 is 23.1 Å². The Balaban J connectivity index is 2.43. The third-order valence-corrected chi connectivity index (χ3v) is 3.53. The Morgan fingerprint density at radius 2 is 2.47 bits per heavy atom. The van der Waals surface area contributed by atoms with Crippen LogP contribution in [0.15, 0.2) is 11.4 Å². The van der Waals surface area contributed by atoms with Crippen LogP contribution in [0.4, 0.5) is 0 Å². The SMILES string of the molecule is CSCCCNC(=O)c1csc(C#CCN)c1. The number of nitrogens with one attached hydrogen (secondary N) is 1. The zero-order valence-electron chi connectivity index (χ0n) is 9.79. The van der Waals surface area contributed by atoms with Crippen molar-refractivity contribution in [1.82, 2.24) is 5.32 Å². The fraction of sp³-hybridized carbons (Fsp3) is 0.417. The molecule has 0 aliphatic rings. The van der Waals surface area contributed by atoms with E-state index >= 15 is 0 Å². The van der Waals surface area contributed by atoms with Crippen molar-refractivity contribution in [3.8, 4) is 11.8 Å². The molecule has 0 bridgehead atoms. The molecule has 5 heteroatoms. The minimum Gasteiger partial charge on any atom is -0.352 e. The average molecular weight is 268 g/mol. The van der Waals surface area contributed by atoms with E-state index in [0.29, 0.717) is 12.1 Å². The van der Waals surface area contributed by atoms with E-state index in [0.717, 1.165) is 23.6 Å². The molecule has 0 saturated carbocycles. The van der Waals surface area contributed by atoms with E-state index in [4.69, 9.17) is 5.73 Å². The summed E-state index contributed by atoms with van der Waals surface area (Å²) in [5.41, 5.74) is 5.97. The Morgan fingerprint density at radius 3 is 3.18 bits per heavy atom. The molecule has 1 amide bonds. The third-order valence-electron chi connectivity index (χ3n) is 1.99. The number of carbonyl (C=O) groups excluding carboxylic acids is 1. The highest BCUT2D eigenvalue weighted by Gasteiger charge is 2.06. The first-order valence-corrected chi connectivity index (χ1v) is 7.60. The van der Waals surface area contributed by atoms with Crippen molar-refractivity contribution in [2.45, 2.75) is 6.42 Å². The molecule has 0 saturated heterocycles. The topological polar surface area (TPSA) is 55.1 Å². The first-order chi connectivity index (χ1) is 8.27. The maximum atomic E-state index is 11.7. The highest BCUT2D eigenvalue weighted by molar-refractivity contribution is 7.98. The Kier molecular flexibility index (Phi) is 6.78. The predicted octanol–water partition coefficient (Wildman–Crippen LogP) is 1.54. The Bertz CT molecular complexity index is 418. The molecule has 0 fully saturated rings. The maximum absolute atomic E-state index is 11.7. The van der Waals surface area contributed by atoms with E-state index in [-0.39, 0.29) is 5.91 Å². The summed E-state index contributed by atoms with van der Waals surface area (Å²) in [4.78, 5) is 12.6. The van der Waals surface area contributed by atoms with Gasteiger partial charge < -0.3 is 11.1 Å². The first-order valence-electron chi connectivity index (χ1n) is 5.32. The van der Waals surface area contributed by atoms with Crippen LogP contribution in [-0.2, 0) is 0 Å². The highest BCUT2D eigenvalue weighted by atomic mass is 32.2. The minimum absolute atomic E-state index is 0.0249. The second-order valence-electron chi connectivity index (χ2n) is 3.31. The van der Waals surface area contributed by atoms with Gasteiger partial charge in [-0.15, -0.1) is 11.3 Å². The standard InChI is InChI=1S/C12H16N2OS2/c1-16-7-3-6-14-12(15)10-8-11(17-9-10)4-2-5-13/h8-9H,3,5-7,13H2,1H3,(H,14,15). The molecule has 1 heterocycles. The van der Waals surface area contributed by atoms with Crippen molar-refractivity contribution in [2.75, 3.05) is 25.1 Å². The third kappa shape index (κ3) is 5.26. The van der Waals surface area contributed by atoms with E-state index in [2.05, 4.69) is 23.4 Å². The molecule has 0 radical (unpaired) electrons. The van der Waals surface area contributed by atoms with Crippen LogP contribution in [0.1, 0.15) is 21.7 Å². The van der Waals surface area contributed by atoms with Gasteiger partial charge in [0.15, 0.2) is 0 Å². The van der Waals surface area contributed by atoms with Crippen molar-refractivity contribution in [3.63, 3.8) is 0 Å². The summed E-state index contributed by atoms with van der Waals surface area (Å²) in [6.07, 6.45) is 3.06. The Labute approximate surface area is 110 Å². The van der Waals surface area contributed by atoms with Gasteiger partial charge in [-0.2, -0.15) is 11.8 Å². The van der Waals surface area contributed by atoms with Gasteiger partial charge in [-0.05, 0) is 24.5 Å². The van der Waals surface area contributed by atoms with Gasteiger partial charge in [0.2, 0.25) is 0 Å². The number of nitrogens with two attached hydrogens (primary N) is 1. The highest BCUT2D eigenvalue weighted by Crippen LogP contribution is 2.13. The zero-order valence-corrected chi connectivity index (χ0v) is 11.4. The molecule has 3 nitrogen and oxygen atoms in total. The summed E-state index contributed by atoms with van der Waals surface area (Å²) in [5.74, 6) is 6.73. The van der Waals surface area contributed by atoms with Gasteiger partial charge in [-0.25, -0.2) is 0 Å². The molecule has 0 aliphatic carbocycles. The van der Waals surface area contributed by atoms with Gasteiger partial charge in [0.1, 0.15) is 0 Å². The van der Waals surface area contributed by atoms with Gasteiger partial charge in [0.25, 0.3) is 5.91 Å². The lowest BCUT2D eigenvalue weighted by atomic mass is 10.3. The van der Waals surface area contributed by atoms with Gasteiger partial charge >= 0.3 is 0 Å². The molecule has 92 valence electrons. The number of hydrogen-bond donors (Lipinski definition) is 2. The quantitative estimate of drug-likeness (QED) is 0.629. The zero-order chi connectivity index (χ0) is 12.5. The molecule has 1 rings (SSSR count). The van der Waals surface area contributed by atoms with Crippen LogP contribution in [0, 0.1) is 11.8 Å². The fourth-order valence-corrected chi connectivity index (χ4v) is 2.37. The maximum Gasteiger partial charge on any atom is 0.252 e. The minimum atomic E-state index is -0.0249. The van der Waals surface area contributed by atoms with Crippen LogP contribution in [0.2, 0.25) is 0 Å². The molecule has 0 aromatic carbocycles. The molecule has 1 aromatic heterocycles. The number of hydrogen-bond acceptors (Lipinski definition) is 4. The summed E-state index contributed by atoms with van der Waals surface area (Å²) < 4.78 is 0. The van der Waals surface area contributed by atoms with Gasteiger partial charge in [-0.3, -0.25) is 4.79 Å². The van der Waals surface area contributed by atoms with Crippen LogP contribution in [0.25, 0.3) is 0 Å². The summed E-state index contributed by atoms with van der Waals surface area (Å²) >= 11 is 3.25. The van der Waals surface area contributed by atoms with E-state index in [1.54, 1.807) is 17.8 Å². The summed E-state index contributed by atoms with van der Waals surface area (Å²) in [6.45, 7) is 1.06. The first kappa shape index (κ1) is 14.1. The van der Waals surface area contributed by atoms with Gasteiger partial charge in [0.05, 0.1) is 17.0 Å². The lowest BCUT2D eigenvalue weighted by Crippen LogP contribution is -2.24. The Morgan fingerprint density at radius 1 is 1.65 bits per heavy atom. The lowest BCUT2D eigenvalue weighted by molar-refractivity contribution is 0.0954. The second-order valence-corrected chi connectivity index (χ2v) is 5.20. The van der Waals surface area contributed by atoms with Crippen LogP contribution in [0.3, 0.4) is 0 Å². The van der Waals surface area contributed by atoms with Crippen LogP contribution in [-0.4, -0.2) is 31.0 Å². The van der Waals surface area contributed by atoms with Gasteiger partial charge in [-0.1, -0.05) is 11.8 Å². The monoisotopic (exact) mass is 268 g/mol. The van der Waals surface area contributed by atoms with E-state index in [1.807, 2.05) is 5.38 Å². The molecule has 17 heavy (non-hydrogen) atoms. The van der Waals surface area contributed by atoms with Crippen molar-refractivity contribution < 1.29 is 4.79 Å². The van der Waals surface area contributed by atoms with Crippen molar-refractivity contribution in [3.05, 3.63) is 21.9 Å². The molecule has 0 aliphatic heterocycles. The van der Waals surface area contributed by atoms with E-state index in [9.17, 15) is 4.79 Å². The van der Waals surface area contributed by atoms with Crippen LogP contribution < -0.4 is 11.1 Å². The number of thiophene rings is 1. The van der Waals surface area contributed by atoms with Crippen molar-refractivity contribution >= 4 is 29.0 Å². The second kappa shape index (κ2) is 8.18. The fourth-order valence-electron chi connectivity index (χ4n) is 1.18. The number of thioether (sulfide) groups is 1. The normalized spacial score (nSPS) is 9.53. The smallest absolute Gasteiger partial charge is 0.252 e. The van der Waals surface area contributed by atoms with Crippen molar-refractivity contribution in [2.24, 2.45) is 5.73 Å². The summed E-state index contributed by atoms with van der Waals surface area (Å²) in [7, 11) is 0. The molecular weight excluding hydrogens is 252 g/mol. The van der Waals surface area contributed by atoms with Gasteiger partial charge in [0, 0.05) is 11.9 Å². The largest absolute Gasteiger partial charge is 0.352 e. The number of rotatable bonds is 5. The average Bonchev–Trinajstić information content (AvgIpc) is 2.80. The summed E-state index contributed by atoms with van der Waals surface area (Å²) in [6, 6.07) is 1.80. The van der Waals surface area contributed by atoms with E-state index < -0.39 is 0 Å². The summed E-state index contributed by atoms with van der Waals surface area (Å²) in [5, 5.41) is 4.71. The van der Waals surface area contributed by atoms with E-state index in [1.165, 1.54) is 11.3 Å². The Hall–Kier alpha value is -0.960.